The number of fused-ring (bicyclic) bond motifs is 1. The van der Waals surface area contributed by atoms with E-state index in [9.17, 15) is 4.79 Å². The van der Waals surface area contributed by atoms with Crippen LogP contribution in [0.4, 0.5) is 23.0 Å². The van der Waals surface area contributed by atoms with Gasteiger partial charge >= 0.3 is 0 Å². The monoisotopic (exact) mass is 483 g/mol. The number of anilines is 4. The van der Waals surface area contributed by atoms with Crippen molar-refractivity contribution >= 4 is 28.9 Å². The summed E-state index contributed by atoms with van der Waals surface area (Å²) in [7, 11) is 2.16. The van der Waals surface area contributed by atoms with Gasteiger partial charge in [-0.25, -0.2) is 9.97 Å². The predicted molar refractivity (Wildman–Crippen MR) is 144 cm³/mol. The van der Waals surface area contributed by atoms with Crippen LogP contribution < -0.4 is 20.4 Å². The molecule has 0 unspecified atom stereocenters. The van der Waals surface area contributed by atoms with E-state index >= 15 is 0 Å². The summed E-state index contributed by atoms with van der Waals surface area (Å²) in [5, 5.41) is 6.41. The van der Waals surface area contributed by atoms with E-state index in [1.165, 1.54) is 19.3 Å². The molecule has 8 heteroatoms. The zero-order chi connectivity index (χ0) is 24.5. The molecule has 36 heavy (non-hydrogen) atoms. The van der Waals surface area contributed by atoms with E-state index in [-0.39, 0.29) is 5.91 Å². The SMILES string of the molecule is CN1CCN(c2ccc(Nc3ccc(-c4ccnc(N5CCCCC5)c4)c4c3C(=O)NC4)nc2)CC1. The molecule has 3 aliphatic rings. The van der Waals surface area contributed by atoms with Crippen molar-refractivity contribution in [1.29, 1.82) is 0 Å². The Hall–Kier alpha value is -3.65. The minimum atomic E-state index is -0.0475. The lowest BCUT2D eigenvalue weighted by Gasteiger charge is -2.33. The van der Waals surface area contributed by atoms with Crippen molar-refractivity contribution in [2.75, 3.05) is 61.4 Å². The highest BCUT2D eigenvalue weighted by atomic mass is 16.1. The molecule has 1 amide bonds. The Morgan fingerprint density at radius 3 is 2.50 bits per heavy atom. The Kier molecular flexibility index (Phi) is 6.19. The summed E-state index contributed by atoms with van der Waals surface area (Å²) in [4.78, 5) is 29.2. The summed E-state index contributed by atoms with van der Waals surface area (Å²) in [5.41, 5.74) is 5.82. The van der Waals surface area contributed by atoms with Crippen LogP contribution in [0.5, 0.6) is 0 Å². The van der Waals surface area contributed by atoms with Gasteiger partial charge in [0.2, 0.25) is 0 Å². The molecule has 0 aliphatic carbocycles. The Balaban J connectivity index is 1.25. The molecular formula is C28H33N7O. The van der Waals surface area contributed by atoms with Crippen LogP contribution >= 0.6 is 0 Å². The molecule has 1 aromatic carbocycles. The summed E-state index contributed by atoms with van der Waals surface area (Å²) in [6.45, 7) is 6.77. The van der Waals surface area contributed by atoms with Crippen molar-refractivity contribution < 1.29 is 4.79 Å². The average molecular weight is 484 g/mol. The van der Waals surface area contributed by atoms with Crippen LogP contribution in [0.15, 0.2) is 48.8 Å². The van der Waals surface area contributed by atoms with Gasteiger partial charge in [-0.2, -0.15) is 0 Å². The van der Waals surface area contributed by atoms with Crippen LogP contribution in [0.1, 0.15) is 35.2 Å². The van der Waals surface area contributed by atoms with Crippen molar-refractivity contribution in [3.05, 3.63) is 59.9 Å². The minimum absolute atomic E-state index is 0.0475. The molecule has 2 fully saturated rings. The van der Waals surface area contributed by atoms with Gasteiger partial charge in [0, 0.05) is 52.0 Å². The van der Waals surface area contributed by atoms with Crippen LogP contribution in [-0.4, -0.2) is 67.1 Å². The van der Waals surface area contributed by atoms with E-state index in [2.05, 4.69) is 60.5 Å². The third kappa shape index (κ3) is 4.48. The molecule has 0 atom stereocenters. The summed E-state index contributed by atoms with van der Waals surface area (Å²) in [6.07, 6.45) is 7.52. The predicted octanol–water partition coefficient (Wildman–Crippen LogP) is 3.87. The molecular weight excluding hydrogens is 450 g/mol. The Morgan fingerprint density at radius 2 is 1.72 bits per heavy atom. The molecule has 186 valence electrons. The molecule has 2 N–H and O–H groups in total. The minimum Gasteiger partial charge on any atom is -0.368 e. The van der Waals surface area contributed by atoms with Gasteiger partial charge in [-0.1, -0.05) is 6.07 Å². The van der Waals surface area contributed by atoms with E-state index in [0.29, 0.717) is 12.1 Å². The number of aromatic nitrogens is 2. The highest BCUT2D eigenvalue weighted by molar-refractivity contribution is 6.06. The number of carbonyl (C=O) groups excluding carboxylic acids is 1. The summed E-state index contributed by atoms with van der Waals surface area (Å²) in [5.74, 6) is 1.71. The maximum absolute atomic E-state index is 12.9. The fraction of sp³-hybridized carbons (Fsp3) is 0.393. The second-order valence-corrected chi connectivity index (χ2v) is 9.96. The van der Waals surface area contributed by atoms with E-state index in [1.54, 1.807) is 0 Å². The number of pyridine rings is 2. The molecule has 0 radical (unpaired) electrons. The van der Waals surface area contributed by atoms with Gasteiger partial charge in [0.25, 0.3) is 5.91 Å². The molecule has 3 aromatic rings. The first-order valence-electron chi connectivity index (χ1n) is 13.0. The normalized spacial score (nSPS) is 18.2. The second-order valence-electron chi connectivity index (χ2n) is 9.96. The largest absolute Gasteiger partial charge is 0.368 e. The number of nitrogens with one attached hydrogen (secondary N) is 2. The number of hydrogen-bond donors (Lipinski definition) is 2. The summed E-state index contributed by atoms with van der Waals surface area (Å²) >= 11 is 0. The molecule has 0 saturated carbocycles. The van der Waals surface area contributed by atoms with Gasteiger partial charge in [0.1, 0.15) is 11.6 Å². The van der Waals surface area contributed by atoms with E-state index in [0.717, 1.165) is 79.0 Å². The quantitative estimate of drug-likeness (QED) is 0.571. The lowest BCUT2D eigenvalue weighted by atomic mass is 9.96. The molecule has 8 nitrogen and oxygen atoms in total. The smallest absolute Gasteiger partial charge is 0.254 e. The summed E-state index contributed by atoms with van der Waals surface area (Å²) < 4.78 is 0. The van der Waals surface area contributed by atoms with Gasteiger partial charge < -0.3 is 25.3 Å². The molecule has 0 bridgehead atoms. The standard InChI is InChI=1S/C28H33N7O/c1-33-13-15-34(16-14-33)21-5-8-25(30-18-21)32-24-7-6-22(23-19-31-28(36)27(23)24)20-9-10-29-26(17-20)35-11-3-2-4-12-35/h5-10,17-18H,2-4,11-16,19H2,1H3,(H,30,32)(H,31,36). The number of carbonyl (C=O) groups is 1. The number of nitrogens with zero attached hydrogens (tertiary/aromatic N) is 5. The first-order valence-corrected chi connectivity index (χ1v) is 13.0. The fourth-order valence-electron chi connectivity index (χ4n) is 5.45. The number of likely N-dealkylation sites (N-methyl/N-ethyl adjacent to an activating group) is 1. The van der Waals surface area contributed by atoms with Crippen LogP contribution in [0.3, 0.4) is 0 Å². The number of benzene rings is 1. The maximum Gasteiger partial charge on any atom is 0.254 e. The number of amides is 1. The van der Waals surface area contributed by atoms with Crippen molar-refractivity contribution in [3.63, 3.8) is 0 Å². The zero-order valence-corrected chi connectivity index (χ0v) is 20.8. The molecule has 5 heterocycles. The lowest BCUT2D eigenvalue weighted by Crippen LogP contribution is -2.44. The van der Waals surface area contributed by atoms with Gasteiger partial charge in [0.05, 0.1) is 23.1 Å². The van der Waals surface area contributed by atoms with Crippen molar-refractivity contribution in [2.24, 2.45) is 0 Å². The third-order valence-corrected chi connectivity index (χ3v) is 7.58. The topological polar surface area (TPSA) is 76.6 Å². The Morgan fingerprint density at radius 1 is 0.889 bits per heavy atom. The highest BCUT2D eigenvalue weighted by Crippen LogP contribution is 2.36. The first kappa shape index (κ1) is 22.8. The van der Waals surface area contributed by atoms with Crippen LogP contribution in [-0.2, 0) is 6.54 Å². The molecule has 0 spiro atoms. The first-order chi connectivity index (χ1) is 17.7. The van der Waals surface area contributed by atoms with Crippen molar-refractivity contribution in [1.82, 2.24) is 20.2 Å². The number of hydrogen-bond acceptors (Lipinski definition) is 7. The van der Waals surface area contributed by atoms with Crippen LogP contribution in [0.25, 0.3) is 11.1 Å². The molecule has 2 aromatic heterocycles. The summed E-state index contributed by atoms with van der Waals surface area (Å²) in [6, 6.07) is 12.4. The average Bonchev–Trinajstić information content (AvgIpc) is 3.32. The second kappa shape index (κ2) is 9.78. The lowest BCUT2D eigenvalue weighted by molar-refractivity contribution is 0.0966. The van der Waals surface area contributed by atoms with Gasteiger partial charge in [-0.3, -0.25) is 4.79 Å². The highest BCUT2D eigenvalue weighted by Gasteiger charge is 2.27. The van der Waals surface area contributed by atoms with Crippen LogP contribution in [0.2, 0.25) is 0 Å². The Labute approximate surface area is 212 Å². The van der Waals surface area contributed by atoms with Gasteiger partial charge in [-0.15, -0.1) is 0 Å². The number of piperazine rings is 1. The molecule has 6 rings (SSSR count). The molecule has 3 aliphatic heterocycles. The van der Waals surface area contributed by atoms with E-state index in [1.807, 2.05) is 30.6 Å². The van der Waals surface area contributed by atoms with Gasteiger partial charge in [-0.05, 0) is 73.3 Å². The fourth-order valence-corrected chi connectivity index (χ4v) is 5.45. The maximum atomic E-state index is 12.9. The number of rotatable bonds is 5. The Bertz CT molecular complexity index is 1250. The van der Waals surface area contributed by atoms with E-state index < -0.39 is 0 Å². The molecule has 2 saturated heterocycles. The van der Waals surface area contributed by atoms with Crippen LogP contribution in [0, 0.1) is 0 Å². The van der Waals surface area contributed by atoms with E-state index in [4.69, 9.17) is 0 Å². The van der Waals surface area contributed by atoms with Crippen molar-refractivity contribution in [2.45, 2.75) is 25.8 Å². The van der Waals surface area contributed by atoms with Gasteiger partial charge in [0.15, 0.2) is 0 Å². The number of piperidine rings is 1. The zero-order valence-electron chi connectivity index (χ0n) is 20.8. The third-order valence-electron chi connectivity index (χ3n) is 7.58. The van der Waals surface area contributed by atoms with Crippen molar-refractivity contribution in [3.8, 4) is 11.1 Å².